The van der Waals surface area contributed by atoms with E-state index in [-0.39, 0.29) is 0 Å². The molecule has 1 unspecified atom stereocenters. The van der Waals surface area contributed by atoms with E-state index in [0.29, 0.717) is 11.1 Å². The first-order valence-electron chi connectivity index (χ1n) is 7.77. The lowest BCUT2D eigenvalue weighted by atomic mass is 9.83. The standard InChI is InChI=1S/C21H15NO2/c23-20(24)21(16-11-5-2-6-12-16)18-14-8-7-13-17(18)19(22-21)15-9-3-1-4-10-15/h1-14H,(H,23,24). The normalized spacial score (nSPS) is 18.8. The molecule has 0 amide bonds. The Morgan fingerprint density at radius 3 is 2.04 bits per heavy atom. The lowest BCUT2D eigenvalue weighted by Gasteiger charge is -2.23. The van der Waals surface area contributed by atoms with Crippen molar-refractivity contribution in [2.45, 2.75) is 5.54 Å². The maximum absolute atomic E-state index is 12.4. The van der Waals surface area contributed by atoms with E-state index >= 15 is 0 Å². The number of hydrogen-bond donors (Lipinski definition) is 1. The van der Waals surface area contributed by atoms with Gasteiger partial charge >= 0.3 is 5.97 Å². The van der Waals surface area contributed by atoms with Crippen molar-refractivity contribution in [2.24, 2.45) is 4.99 Å². The minimum Gasteiger partial charge on any atom is -0.479 e. The Hall–Kier alpha value is -3.20. The van der Waals surface area contributed by atoms with E-state index < -0.39 is 11.5 Å². The van der Waals surface area contributed by atoms with E-state index in [4.69, 9.17) is 4.99 Å². The molecule has 4 rings (SSSR count). The second kappa shape index (κ2) is 5.46. The molecule has 3 nitrogen and oxygen atoms in total. The molecule has 3 aromatic carbocycles. The molecular weight excluding hydrogens is 298 g/mol. The number of carboxylic acids is 1. The second-order valence-corrected chi connectivity index (χ2v) is 5.75. The Kier molecular flexibility index (Phi) is 3.28. The molecule has 0 saturated carbocycles. The Morgan fingerprint density at radius 2 is 1.38 bits per heavy atom. The van der Waals surface area contributed by atoms with Crippen molar-refractivity contribution < 1.29 is 9.90 Å². The molecule has 1 aliphatic rings. The van der Waals surface area contributed by atoms with Crippen molar-refractivity contribution in [3.8, 4) is 0 Å². The zero-order valence-corrected chi connectivity index (χ0v) is 12.9. The summed E-state index contributed by atoms with van der Waals surface area (Å²) in [5, 5.41) is 10.1. The number of carbonyl (C=O) groups is 1. The van der Waals surface area contributed by atoms with Crippen molar-refractivity contribution >= 4 is 11.7 Å². The maximum atomic E-state index is 12.4. The molecule has 1 aliphatic heterocycles. The highest BCUT2D eigenvalue weighted by atomic mass is 16.4. The van der Waals surface area contributed by atoms with Gasteiger partial charge in [0, 0.05) is 16.7 Å². The van der Waals surface area contributed by atoms with Crippen molar-refractivity contribution in [3.63, 3.8) is 0 Å². The summed E-state index contributed by atoms with van der Waals surface area (Å²) in [4.78, 5) is 17.1. The summed E-state index contributed by atoms with van der Waals surface area (Å²) in [5.41, 5.74) is 2.48. The Bertz CT molecular complexity index is 932. The van der Waals surface area contributed by atoms with Crippen LogP contribution in [0.5, 0.6) is 0 Å². The number of benzene rings is 3. The van der Waals surface area contributed by atoms with Gasteiger partial charge in [-0.25, -0.2) is 4.79 Å². The van der Waals surface area contributed by atoms with Crippen molar-refractivity contribution in [2.75, 3.05) is 0 Å². The van der Waals surface area contributed by atoms with Gasteiger partial charge in [0.25, 0.3) is 0 Å². The molecule has 3 aromatic rings. The average molecular weight is 313 g/mol. The molecule has 24 heavy (non-hydrogen) atoms. The summed E-state index contributed by atoms with van der Waals surface area (Å²) in [6.45, 7) is 0. The number of hydrogen-bond acceptors (Lipinski definition) is 2. The van der Waals surface area contributed by atoms with E-state index in [1.807, 2.05) is 84.9 Å². The van der Waals surface area contributed by atoms with Crippen LogP contribution < -0.4 is 0 Å². The van der Waals surface area contributed by atoms with Gasteiger partial charge in [0.05, 0.1) is 5.71 Å². The van der Waals surface area contributed by atoms with Crippen LogP contribution in [0.15, 0.2) is 89.9 Å². The highest BCUT2D eigenvalue weighted by molar-refractivity contribution is 6.18. The molecule has 116 valence electrons. The maximum Gasteiger partial charge on any atom is 0.341 e. The minimum atomic E-state index is -1.40. The van der Waals surface area contributed by atoms with E-state index in [0.717, 1.165) is 16.8 Å². The fraction of sp³-hybridized carbons (Fsp3) is 0.0476. The summed E-state index contributed by atoms with van der Waals surface area (Å²) in [6, 6.07) is 26.5. The molecule has 1 heterocycles. The van der Waals surface area contributed by atoms with Crippen LogP contribution in [0.1, 0.15) is 22.3 Å². The van der Waals surface area contributed by atoms with Crippen LogP contribution in [0.3, 0.4) is 0 Å². The number of aliphatic imine (C=N–C) groups is 1. The van der Waals surface area contributed by atoms with Gasteiger partial charge in [-0.05, 0) is 5.56 Å². The second-order valence-electron chi connectivity index (χ2n) is 5.75. The summed E-state index contributed by atoms with van der Waals surface area (Å²) in [5.74, 6) is -0.966. The molecule has 0 spiro atoms. The molecule has 3 heteroatoms. The van der Waals surface area contributed by atoms with Gasteiger partial charge in [0.15, 0.2) is 0 Å². The predicted molar refractivity (Wildman–Crippen MR) is 93.4 cm³/mol. The van der Waals surface area contributed by atoms with Gasteiger partial charge in [-0.1, -0.05) is 84.9 Å². The molecule has 1 atom stereocenters. The molecular formula is C21H15NO2. The van der Waals surface area contributed by atoms with Crippen LogP contribution in [0, 0.1) is 0 Å². The number of fused-ring (bicyclic) bond motifs is 1. The minimum absolute atomic E-state index is 0.663. The van der Waals surface area contributed by atoms with Crippen LogP contribution >= 0.6 is 0 Å². The summed E-state index contributed by atoms with van der Waals surface area (Å²) < 4.78 is 0. The number of carboxylic acid groups (broad SMARTS) is 1. The van der Waals surface area contributed by atoms with Gasteiger partial charge in [-0.3, -0.25) is 4.99 Å². The van der Waals surface area contributed by atoms with Crippen LogP contribution in [0.4, 0.5) is 0 Å². The summed E-state index contributed by atoms with van der Waals surface area (Å²) >= 11 is 0. The topological polar surface area (TPSA) is 49.7 Å². The van der Waals surface area contributed by atoms with Crippen LogP contribution in [-0.4, -0.2) is 16.8 Å². The molecule has 1 N–H and O–H groups in total. The fourth-order valence-electron chi connectivity index (χ4n) is 3.30. The van der Waals surface area contributed by atoms with E-state index in [9.17, 15) is 9.90 Å². The Labute approximate surface area is 139 Å². The molecule has 0 aliphatic carbocycles. The zero-order valence-electron chi connectivity index (χ0n) is 12.9. The lowest BCUT2D eigenvalue weighted by Crippen LogP contribution is -2.33. The van der Waals surface area contributed by atoms with E-state index in [1.54, 1.807) is 0 Å². The summed E-state index contributed by atoms with van der Waals surface area (Å²) in [7, 11) is 0. The third kappa shape index (κ3) is 1.98. The van der Waals surface area contributed by atoms with Gasteiger partial charge < -0.3 is 5.11 Å². The fourth-order valence-corrected chi connectivity index (χ4v) is 3.30. The predicted octanol–water partition coefficient (Wildman–Crippen LogP) is 3.87. The van der Waals surface area contributed by atoms with Crippen molar-refractivity contribution in [3.05, 3.63) is 107 Å². The van der Waals surface area contributed by atoms with Crippen molar-refractivity contribution in [1.29, 1.82) is 0 Å². The third-order valence-electron chi connectivity index (χ3n) is 4.40. The Morgan fingerprint density at radius 1 is 0.792 bits per heavy atom. The number of aliphatic carboxylic acids is 1. The quantitative estimate of drug-likeness (QED) is 0.798. The largest absolute Gasteiger partial charge is 0.479 e. The average Bonchev–Trinajstić information content (AvgIpc) is 3.00. The van der Waals surface area contributed by atoms with Crippen LogP contribution in [-0.2, 0) is 10.3 Å². The van der Waals surface area contributed by atoms with Gasteiger partial charge in [0.1, 0.15) is 0 Å². The number of rotatable bonds is 3. The first kappa shape index (κ1) is 14.4. The first-order chi connectivity index (χ1) is 11.7. The summed E-state index contributed by atoms with van der Waals surface area (Å²) in [6.07, 6.45) is 0. The van der Waals surface area contributed by atoms with Gasteiger partial charge in [-0.2, -0.15) is 0 Å². The Balaban J connectivity index is 2.05. The molecule has 0 aromatic heterocycles. The molecule has 0 saturated heterocycles. The third-order valence-corrected chi connectivity index (χ3v) is 4.40. The highest BCUT2D eigenvalue weighted by Crippen LogP contribution is 2.42. The highest BCUT2D eigenvalue weighted by Gasteiger charge is 2.48. The monoisotopic (exact) mass is 313 g/mol. The van der Waals surface area contributed by atoms with Crippen LogP contribution in [0.25, 0.3) is 0 Å². The van der Waals surface area contributed by atoms with Crippen LogP contribution in [0.2, 0.25) is 0 Å². The zero-order chi connectivity index (χ0) is 16.6. The van der Waals surface area contributed by atoms with Crippen molar-refractivity contribution in [1.82, 2.24) is 0 Å². The molecule has 0 bridgehead atoms. The lowest BCUT2D eigenvalue weighted by molar-refractivity contribution is -0.141. The SMILES string of the molecule is O=C(O)C1(c2ccccc2)N=C(c2ccccc2)c2ccccc21. The van der Waals surface area contributed by atoms with E-state index in [2.05, 4.69) is 0 Å². The smallest absolute Gasteiger partial charge is 0.341 e. The van der Waals surface area contributed by atoms with E-state index in [1.165, 1.54) is 0 Å². The van der Waals surface area contributed by atoms with Gasteiger partial charge in [0.2, 0.25) is 5.54 Å². The molecule has 0 radical (unpaired) electrons. The number of nitrogens with zero attached hydrogens (tertiary/aromatic N) is 1. The first-order valence-corrected chi connectivity index (χ1v) is 7.77. The molecule has 0 fully saturated rings. The van der Waals surface area contributed by atoms with Gasteiger partial charge in [-0.15, -0.1) is 0 Å².